The highest BCUT2D eigenvalue weighted by atomic mass is 16.5. The fourth-order valence-corrected chi connectivity index (χ4v) is 6.33. The quantitative estimate of drug-likeness (QED) is 0.224. The van der Waals surface area contributed by atoms with Crippen molar-refractivity contribution < 1.29 is 19.4 Å². The second-order valence-corrected chi connectivity index (χ2v) is 13.2. The third-order valence-electron chi connectivity index (χ3n) is 9.14. The lowest BCUT2D eigenvalue weighted by Gasteiger charge is -2.30. The Morgan fingerprint density at radius 1 is 0.686 bits per heavy atom. The van der Waals surface area contributed by atoms with Crippen LogP contribution in [0.2, 0.25) is 0 Å². The van der Waals surface area contributed by atoms with Gasteiger partial charge in [-0.3, -0.25) is 9.59 Å². The van der Waals surface area contributed by atoms with Gasteiger partial charge in [-0.05, 0) is 83.5 Å². The van der Waals surface area contributed by atoms with Crippen LogP contribution in [0.5, 0.6) is 0 Å². The molecule has 4 unspecified atom stereocenters. The number of ketones is 2. The average molecular weight is 493 g/mol. The Morgan fingerprint density at radius 2 is 1.09 bits per heavy atom. The fourth-order valence-electron chi connectivity index (χ4n) is 6.33. The molecule has 4 heteroatoms. The average Bonchev–Trinajstić information content (AvgIpc) is 2.83. The number of hydrogen-bond acceptors (Lipinski definition) is 4. The van der Waals surface area contributed by atoms with Crippen LogP contribution < -0.4 is 0 Å². The minimum atomic E-state index is -0.0640. The summed E-state index contributed by atoms with van der Waals surface area (Å²) in [6, 6.07) is 0. The highest BCUT2D eigenvalue weighted by molar-refractivity contribution is 5.84. The Morgan fingerprint density at radius 3 is 1.49 bits per heavy atom. The van der Waals surface area contributed by atoms with Crippen molar-refractivity contribution in [2.45, 2.75) is 142 Å². The normalized spacial score (nSPS) is 26.3. The van der Waals surface area contributed by atoms with Gasteiger partial charge in [-0.1, -0.05) is 58.8 Å². The summed E-state index contributed by atoms with van der Waals surface area (Å²) in [4.78, 5) is 26.2. The minimum absolute atomic E-state index is 0.00436. The van der Waals surface area contributed by atoms with E-state index in [-0.39, 0.29) is 41.3 Å². The number of aliphatic hydroxyl groups is 1. The molecule has 0 aromatic rings. The van der Waals surface area contributed by atoms with Gasteiger partial charge in [0, 0.05) is 37.4 Å². The largest absolute Gasteiger partial charge is 0.396 e. The van der Waals surface area contributed by atoms with E-state index in [0.717, 1.165) is 96.3 Å². The van der Waals surface area contributed by atoms with Gasteiger partial charge in [-0.2, -0.15) is 0 Å². The van der Waals surface area contributed by atoms with E-state index in [1.807, 2.05) is 0 Å². The number of hydrogen-bond donors (Lipinski definition) is 1. The highest BCUT2D eigenvalue weighted by Gasteiger charge is 2.33. The van der Waals surface area contributed by atoms with Gasteiger partial charge in [0.25, 0.3) is 0 Å². The summed E-state index contributed by atoms with van der Waals surface area (Å²) in [5.74, 6) is 1.98. The Balaban J connectivity index is 1.68. The van der Waals surface area contributed by atoms with Gasteiger partial charge >= 0.3 is 0 Å². The molecule has 0 radical (unpaired) electrons. The Labute approximate surface area is 216 Å². The van der Waals surface area contributed by atoms with E-state index in [0.29, 0.717) is 11.6 Å². The van der Waals surface area contributed by atoms with Gasteiger partial charge in [-0.15, -0.1) is 0 Å². The molecule has 2 aliphatic rings. The maximum Gasteiger partial charge on any atom is 0.139 e. The zero-order chi connectivity index (χ0) is 25.9. The van der Waals surface area contributed by atoms with E-state index in [1.54, 1.807) is 7.11 Å². The van der Waals surface area contributed by atoms with Crippen LogP contribution in [0.25, 0.3) is 0 Å². The standard InChI is InChI=1S/C31H56O4/c1-30(2,23-32)21-8-6-13-24-15-10-17-26(28(24)33)19-12-20-27-18-11-16-25(29(27)34)14-7-9-22-31(3,4)35-5/h24-27,32H,6-23H2,1-5H3. The van der Waals surface area contributed by atoms with Crippen LogP contribution in [-0.4, -0.2) is 36.0 Å². The van der Waals surface area contributed by atoms with Crippen molar-refractivity contribution >= 4 is 11.6 Å². The lowest BCUT2D eigenvalue weighted by atomic mass is 9.73. The van der Waals surface area contributed by atoms with Crippen molar-refractivity contribution in [3.8, 4) is 0 Å². The Hall–Kier alpha value is -0.740. The summed E-state index contributed by atoms with van der Waals surface area (Å²) in [6.45, 7) is 8.71. The summed E-state index contributed by atoms with van der Waals surface area (Å²) < 4.78 is 5.52. The van der Waals surface area contributed by atoms with E-state index in [9.17, 15) is 14.7 Å². The van der Waals surface area contributed by atoms with Gasteiger partial charge < -0.3 is 9.84 Å². The SMILES string of the molecule is COC(C)(C)CCCCC1CCCC(CCCC2CCCC(CCCCC(C)(C)CO)C2=O)C1=O. The van der Waals surface area contributed by atoms with Crippen molar-refractivity contribution in [2.24, 2.45) is 29.1 Å². The fraction of sp³-hybridized carbons (Fsp3) is 0.935. The van der Waals surface area contributed by atoms with Crippen LogP contribution >= 0.6 is 0 Å². The second kappa shape index (κ2) is 14.9. The summed E-state index contributed by atoms with van der Waals surface area (Å²) in [5.41, 5.74) is -0.0684. The smallest absolute Gasteiger partial charge is 0.139 e. The van der Waals surface area contributed by atoms with Gasteiger partial charge in [0.05, 0.1) is 5.60 Å². The number of carbonyl (C=O) groups excluding carboxylic acids is 2. The monoisotopic (exact) mass is 492 g/mol. The highest BCUT2D eigenvalue weighted by Crippen LogP contribution is 2.36. The van der Waals surface area contributed by atoms with Crippen molar-refractivity contribution in [1.29, 1.82) is 0 Å². The summed E-state index contributed by atoms with van der Waals surface area (Å²) in [7, 11) is 1.78. The molecule has 0 spiro atoms. The molecule has 2 saturated carbocycles. The molecule has 0 bridgehead atoms. The first kappa shape index (κ1) is 30.5. The predicted octanol–water partition coefficient (Wildman–Crippen LogP) is 7.69. The zero-order valence-corrected chi connectivity index (χ0v) is 23.7. The zero-order valence-electron chi connectivity index (χ0n) is 23.7. The van der Waals surface area contributed by atoms with Crippen LogP contribution in [0, 0.1) is 29.1 Å². The Bertz CT molecular complexity index is 584. The number of unbranched alkanes of at least 4 members (excludes halogenated alkanes) is 2. The second-order valence-electron chi connectivity index (χ2n) is 13.2. The molecule has 0 aromatic heterocycles. The predicted molar refractivity (Wildman–Crippen MR) is 144 cm³/mol. The molecular weight excluding hydrogens is 436 g/mol. The van der Waals surface area contributed by atoms with Crippen molar-refractivity contribution in [2.75, 3.05) is 13.7 Å². The number of rotatable bonds is 16. The van der Waals surface area contributed by atoms with Crippen LogP contribution in [0.15, 0.2) is 0 Å². The van der Waals surface area contributed by atoms with E-state index < -0.39 is 0 Å². The summed E-state index contributed by atoms with van der Waals surface area (Å²) >= 11 is 0. The first-order chi connectivity index (χ1) is 16.6. The van der Waals surface area contributed by atoms with E-state index >= 15 is 0 Å². The molecule has 2 aliphatic carbocycles. The third kappa shape index (κ3) is 10.6. The summed E-state index contributed by atoms with van der Waals surface area (Å²) in [5, 5.41) is 9.43. The van der Waals surface area contributed by atoms with E-state index in [2.05, 4.69) is 27.7 Å². The minimum Gasteiger partial charge on any atom is -0.396 e. The number of Topliss-reactive ketones (excluding diaryl/α,β-unsaturated/α-hetero) is 2. The lowest BCUT2D eigenvalue weighted by Crippen LogP contribution is -2.30. The first-order valence-corrected chi connectivity index (χ1v) is 14.8. The molecule has 0 aliphatic heterocycles. The molecule has 0 saturated heterocycles. The molecule has 4 nitrogen and oxygen atoms in total. The molecule has 2 fully saturated rings. The van der Waals surface area contributed by atoms with Gasteiger partial charge in [0.1, 0.15) is 11.6 Å². The van der Waals surface area contributed by atoms with Gasteiger partial charge in [0.15, 0.2) is 0 Å². The van der Waals surface area contributed by atoms with Crippen LogP contribution in [-0.2, 0) is 14.3 Å². The van der Waals surface area contributed by atoms with Crippen molar-refractivity contribution in [1.82, 2.24) is 0 Å². The van der Waals surface area contributed by atoms with Crippen LogP contribution in [0.4, 0.5) is 0 Å². The van der Waals surface area contributed by atoms with E-state index in [1.165, 1.54) is 12.8 Å². The molecule has 0 amide bonds. The molecule has 204 valence electrons. The van der Waals surface area contributed by atoms with Crippen LogP contribution in [0.1, 0.15) is 137 Å². The molecule has 0 heterocycles. The number of ether oxygens (including phenoxy) is 1. The number of methoxy groups -OCH3 is 1. The number of aliphatic hydroxyl groups excluding tert-OH is 1. The molecule has 2 rings (SSSR count). The topological polar surface area (TPSA) is 63.6 Å². The van der Waals surface area contributed by atoms with E-state index in [4.69, 9.17) is 4.74 Å². The van der Waals surface area contributed by atoms with Gasteiger partial charge in [0.2, 0.25) is 0 Å². The third-order valence-corrected chi connectivity index (χ3v) is 9.14. The summed E-state index contributed by atoms with van der Waals surface area (Å²) in [6.07, 6.45) is 18.1. The molecular formula is C31H56O4. The first-order valence-electron chi connectivity index (χ1n) is 14.8. The molecule has 0 aromatic carbocycles. The number of carbonyl (C=O) groups is 2. The maximum absolute atomic E-state index is 13.1. The van der Waals surface area contributed by atoms with Crippen molar-refractivity contribution in [3.05, 3.63) is 0 Å². The van der Waals surface area contributed by atoms with Gasteiger partial charge in [-0.25, -0.2) is 0 Å². The molecule has 4 atom stereocenters. The molecule has 1 N–H and O–H groups in total. The maximum atomic E-state index is 13.1. The lowest BCUT2D eigenvalue weighted by molar-refractivity contribution is -0.130. The Kier molecular flexibility index (Phi) is 12.9. The molecule has 35 heavy (non-hydrogen) atoms. The van der Waals surface area contributed by atoms with Crippen molar-refractivity contribution in [3.63, 3.8) is 0 Å². The van der Waals surface area contributed by atoms with Crippen LogP contribution in [0.3, 0.4) is 0 Å².